The smallest absolute Gasteiger partial charge is 0.215 e. The number of hydrogen-bond donors (Lipinski definition) is 1. The van der Waals surface area contributed by atoms with E-state index >= 15 is 0 Å². The van der Waals surface area contributed by atoms with Gasteiger partial charge in [-0.1, -0.05) is 11.6 Å². The number of ether oxygens (including phenoxy) is 1. The van der Waals surface area contributed by atoms with Crippen LogP contribution in [0.15, 0.2) is 30.5 Å². The molecule has 0 aliphatic heterocycles. The van der Waals surface area contributed by atoms with Crippen molar-refractivity contribution >= 4 is 22.8 Å². The van der Waals surface area contributed by atoms with Crippen LogP contribution in [-0.4, -0.2) is 27.0 Å². The molecule has 6 heteroatoms. The van der Waals surface area contributed by atoms with Crippen LogP contribution in [-0.2, 0) is 0 Å². The minimum atomic E-state index is 0.532. The Balaban J connectivity index is 2.10. The molecule has 1 N–H and O–H groups in total. The molecule has 0 amide bonds. The molecule has 0 aliphatic rings. The van der Waals surface area contributed by atoms with Gasteiger partial charge >= 0.3 is 0 Å². The molecule has 0 bridgehead atoms. The summed E-state index contributed by atoms with van der Waals surface area (Å²) in [5.74, 6) is 1.19. The molecule has 0 fully saturated rings. The number of hydrogen-bond acceptors (Lipinski definition) is 4. The van der Waals surface area contributed by atoms with Gasteiger partial charge in [0.15, 0.2) is 11.5 Å². The van der Waals surface area contributed by atoms with Gasteiger partial charge in [-0.05, 0) is 18.2 Å². The average Bonchev–Trinajstić information content (AvgIpc) is 2.82. The SMILES string of the molecule is COc1ccc2[nH]c(-c3ccc(Cl)cn3)nc2n1. The van der Waals surface area contributed by atoms with Gasteiger partial charge in [0.05, 0.1) is 17.6 Å². The Bertz CT molecular complexity index is 693. The molecule has 3 aromatic rings. The third-order valence-corrected chi connectivity index (χ3v) is 2.72. The lowest BCUT2D eigenvalue weighted by Gasteiger charge is -1.95. The van der Waals surface area contributed by atoms with E-state index in [9.17, 15) is 0 Å². The number of fused-ring (bicyclic) bond motifs is 1. The van der Waals surface area contributed by atoms with E-state index in [1.165, 1.54) is 0 Å². The largest absolute Gasteiger partial charge is 0.481 e. The zero-order valence-corrected chi connectivity index (χ0v) is 10.3. The monoisotopic (exact) mass is 260 g/mol. The van der Waals surface area contributed by atoms with E-state index in [1.54, 1.807) is 31.5 Å². The molecular formula is C12H9ClN4O. The number of aromatic amines is 1. The molecular weight excluding hydrogens is 252 g/mol. The summed E-state index contributed by atoms with van der Waals surface area (Å²) in [5, 5.41) is 0.592. The van der Waals surface area contributed by atoms with Crippen LogP contribution in [0, 0.1) is 0 Å². The number of nitrogens with one attached hydrogen (secondary N) is 1. The predicted octanol–water partition coefficient (Wildman–Crippen LogP) is 2.68. The summed E-state index contributed by atoms with van der Waals surface area (Å²) >= 11 is 5.80. The van der Waals surface area contributed by atoms with Gasteiger partial charge in [-0.3, -0.25) is 4.98 Å². The highest BCUT2D eigenvalue weighted by atomic mass is 35.5. The minimum Gasteiger partial charge on any atom is -0.481 e. The molecule has 0 aromatic carbocycles. The van der Waals surface area contributed by atoms with Gasteiger partial charge in [-0.15, -0.1) is 0 Å². The molecule has 3 rings (SSSR count). The first-order valence-corrected chi connectivity index (χ1v) is 5.67. The molecule has 90 valence electrons. The van der Waals surface area contributed by atoms with Crippen LogP contribution in [0.1, 0.15) is 0 Å². The lowest BCUT2D eigenvalue weighted by molar-refractivity contribution is 0.399. The van der Waals surface area contributed by atoms with Crippen molar-refractivity contribution in [1.29, 1.82) is 0 Å². The number of aromatic nitrogens is 4. The highest BCUT2D eigenvalue weighted by molar-refractivity contribution is 6.30. The Labute approximate surface area is 108 Å². The summed E-state index contributed by atoms with van der Waals surface area (Å²) in [6, 6.07) is 7.22. The first-order valence-electron chi connectivity index (χ1n) is 5.29. The third kappa shape index (κ3) is 1.89. The van der Waals surface area contributed by atoms with Crippen LogP contribution in [0.4, 0.5) is 0 Å². The van der Waals surface area contributed by atoms with Crippen LogP contribution in [0.2, 0.25) is 5.02 Å². The van der Waals surface area contributed by atoms with Crippen LogP contribution < -0.4 is 4.74 Å². The van der Waals surface area contributed by atoms with Crippen molar-refractivity contribution in [3.05, 3.63) is 35.5 Å². The molecule has 18 heavy (non-hydrogen) atoms. The number of pyridine rings is 2. The van der Waals surface area contributed by atoms with Gasteiger partial charge in [0.2, 0.25) is 5.88 Å². The Morgan fingerprint density at radius 1 is 1.17 bits per heavy atom. The van der Waals surface area contributed by atoms with Crippen LogP contribution in [0.25, 0.3) is 22.7 Å². The van der Waals surface area contributed by atoms with Crippen molar-refractivity contribution in [3.8, 4) is 17.4 Å². The van der Waals surface area contributed by atoms with Crippen LogP contribution in [0.5, 0.6) is 5.88 Å². The minimum absolute atomic E-state index is 0.532. The molecule has 0 radical (unpaired) electrons. The fourth-order valence-electron chi connectivity index (χ4n) is 1.63. The Kier molecular flexibility index (Phi) is 2.60. The standard InChI is InChI=1S/C12H9ClN4O/c1-18-10-5-4-9-12(16-10)17-11(15-9)8-3-2-7(13)6-14-8/h2-6H,1H3,(H,15,16,17). The maximum absolute atomic E-state index is 5.80. The van der Waals surface area contributed by atoms with Crippen molar-refractivity contribution in [3.63, 3.8) is 0 Å². The maximum atomic E-state index is 5.80. The summed E-state index contributed by atoms with van der Waals surface area (Å²) in [7, 11) is 1.57. The Morgan fingerprint density at radius 2 is 2.06 bits per heavy atom. The van der Waals surface area contributed by atoms with Crippen LogP contribution in [0.3, 0.4) is 0 Å². The molecule has 0 aliphatic carbocycles. The van der Waals surface area contributed by atoms with Gasteiger partial charge < -0.3 is 9.72 Å². The Hall–Kier alpha value is -2.14. The van der Waals surface area contributed by atoms with Gasteiger partial charge in [-0.25, -0.2) is 4.98 Å². The summed E-state index contributed by atoms with van der Waals surface area (Å²) in [4.78, 5) is 16.0. The third-order valence-electron chi connectivity index (χ3n) is 2.50. The quantitative estimate of drug-likeness (QED) is 0.769. The zero-order valence-electron chi connectivity index (χ0n) is 9.51. The van der Waals surface area contributed by atoms with Gasteiger partial charge in [-0.2, -0.15) is 4.98 Å². The normalized spacial score (nSPS) is 10.8. The highest BCUT2D eigenvalue weighted by Crippen LogP contribution is 2.20. The number of halogens is 1. The van der Waals surface area contributed by atoms with Crippen molar-refractivity contribution in [2.45, 2.75) is 0 Å². The number of H-pyrrole nitrogens is 1. The van der Waals surface area contributed by atoms with Crippen molar-refractivity contribution in [2.24, 2.45) is 0 Å². The predicted molar refractivity (Wildman–Crippen MR) is 68.7 cm³/mol. The van der Waals surface area contributed by atoms with Gasteiger partial charge in [0.1, 0.15) is 5.69 Å². The number of rotatable bonds is 2. The van der Waals surface area contributed by atoms with Gasteiger partial charge in [0, 0.05) is 12.3 Å². The molecule has 3 aromatic heterocycles. The fraction of sp³-hybridized carbons (Fsp3) is 0.0833. The van der Waals surface area contributed by atoms with Gasteiger partial charge in [0.25, 0.3) is 0 Å². The molecule has 0 saturated carbocycles. The molecule has 0 atom stereocenters. The van der Waals surface area contributed by atoms with E-state index < -0.39 is 0 Å². The number of imidazole rings is 1. The highest BCUT2D eigenvalue weighted by Gasteiger charge is 2.08. The van der Waals surface area contributed by atoms with E-state index in [-0.39, 0.29) is 0 Å². The lowest BCUT2D eigenvalue weighted by atomic mass is 10.3. The molecule has 0 unspecified atom stereocenters. The van der Waals surface area contributed by atoms with Crippen molar-refractivity contribution in [1.82, 2.24) is 19.9 Å². The molecule has 0 spiro atoms. The van der Waals surface area contributed by atoms with Crippen molar-refractivity contribution in [2.75, 3.05) is 7.11 Å². The number of nitrogens with zero attached hydrogens (tertiary/aromatic N) is 3. The summed E-state index contributed by atoms with van der Waals surface area (Å²) < 4.78 is 5.05. The molecule has 0 saturated heterocycles. The topological polar surface area (TPSA) is 63.7 Å². The summed E-state index contributed by atoms with van der Waals surface area (Å²) in [5.41, 5.74) is 2.15. The summed E-state index contributed by atoms with van der Waals surface area (Å²) in [6.45, 7) is 0. The maximum Gasteiger partial charge on any atom is 0.215 e. The van der Waals surface area contributed by atoms with E-state index in [4.69, 9.17) is 16.3 Å². The second-order valence-corrected chi connectivity index (χ2v) is 4.11. The second kappa shape index (κ2) is 4.27. The van der Waals surface area contributed by atoms with E-state index in [2.05, 4.69) is 19.9 Å². The molecule has 3 heterocycles. The zero-order chi connectivity index (χ0) is 12.5. The number of methoxy groups -OCH3 is 1. The van der Waals surface area contributed by atoms with Crippen molar-refractivity contribution < 1.29 is 4.74 Å². The van der Waals surface area contributed by atoms with E-state index in [0.717, 1.165) is 11.2 Å². The van der Waals surface area contributed by atoms with E-state index in [0.29, 0.717) is 22.4 Å². The summed E-state index contributed by atoms with van der Waals surface area (Å²) in [6.07, 6.45) is 1.58. The van der Waals surface area contributed by atoms with E-state index in [1.807, 2.05) is 6.07 Å². The molecule has 5 nitrogen and oxygen atoms in total. The second-order valence-electron chi connectivity index (χ2n) is 3.67. The first kappa shape index (κ1) is 11.0. The first-order chi connectivity index (χ1) is 8.76. The average molecular weight is 261 g/mol. The fourth-order valence-corrected chi connectivity index (χ4v) is 1.74. The lowest BCUT2D eigenvalue weighted by Crippen LogP contribution is -1.86. The van der Waals surface area contributed by atoms with Crippen LogP contribution >= 0.6 is 11.6 Å². The Morgan fingerprint density at radius 3 is 2.78 bits per heavy atom.